The summed E-state index contributed by atoms with van der Waals surface area (Å²) in [5.74, 6) is 6.77. The third kappa shape index (κ3) is 3.85. The molecule has 1 aromatic carbocycles. The maximum Gasteiger partial charge on any atom is 0.141 e. The molecule has 0 aliphatic carbocycles. The molecular formula is C25H24N4O. The summed E-state index contributed by atoms with van der Waals surface area (Å²) < 4.78 is 0. The molecule has 0 radical (unpaired) electrons. The van der Waals surface area contributed by atoms with E-state index >= 15 is 0 Å². The van der Waals surface area contributed by atoms with Gasteiger partial charge in [0.1, 0.15) is 11.3 Å². The first-order valence-corrected chi connectivity index (χ1v) is 10.5. The number of aliphatic hydroxyl groups is 1. The number of fused-ring (bicyclic) bond motifs is 3. The number of nitrogens with zero attached hydrogens (tertiary/aromatic N) is 4. The van der Waals surface area contributed by atoms with Crippen molar-refractivity contribution in [3.63, 3.8) is 0 Å². The standard InChI is InChI=1S/C25H24N4O/c30-25(18-29-14-9-21(25)10-15-29)11-8-20-6-7-22(24-17-26-12-13-27-24)28-23(20)16-19-4-2-1-3-5-19/h1-7,12-13,17,21,30H,9-10,14-16,18H2. The van der Waals surface area contributed by atoms with E-state index in [9.17, 15) is 5.11 Å². The van der Waals surface area contributed by atoms with Gasteiger partial charge in [-0.3, -0.25) is 14.9 Å². The van der Waals surface area contributed by atoms with E-state index in [2.05, 4.69) is 38.8 Å². The van der Waals surface area contributed by atoms with E-state index in [0.717, 1.165) is 48.6 Å². The lowest BCUT2D eigenvalue weighted by Crippen LogP contribution is -2.58. The van der Waals surface area contributed by atoms with Crippen molar-refractivity contribution in [1.29, 1.82) is 0 Å². The summed E-state index contributed by atoms with van der Waals surface area (Å²) in [7, 11) is 0. The Morgan fingerprint density at radius 3 is 2.57 bits per heavy atom. The normalized spacial score (nSPS) is 24.8. The van der Waals surface area contributed by atoms with Gasteiger partial charge < -0.3 is 5.11 Å². The maximum absolute atomic E-state index is 11.2. The highest BCUT2D eigenvalue weighted by molar-refractivity contribution is 5.56. The first-order chi connectivity index (χ1) is 14.7. The Hall–Kier alpha value is -3.07. The SMILES string of the molecule is OC1(C#Cc2ccc(-c3cnccn3)nc2Cc2ccccc2)CN2CCC1CC2. The van der Waals surface area contributed by atoms with Crippen molar-refractivity contribution in [3.8, 4) is 23.2 Å². The van der Waals surface area contributed by atoms with Crippen LogP contribution in [0.4, 0.5) is 0 Å². The van der Waals surface area contributed by atoms with Crippen molar-refractivity contribution in [3.05, 3.63) is 77.9 Å². The first kappa shape index (κ1) is 18.9. The summed E-state index contributed by atoms with van der Waals surface area (Å²) in [4.78, 5) is 15.7. The van der Waals surface area contributed by atoms with Gasteiger partial charge in [-0.1, -0.05) is 42.2 Å². The first-order valence-electron chi connectivity index (χ1n) is 10.5. The Kier molecular flexibility index (Phi) is 5.04. The Labute approximate surface area is 176 Å². The van der Waals surface area contributed by atoms with Crippen molar-refractivity contribution in [2.24, 2.45) is 5.92 Å². The molecule has 1 unspecified atom stereocenters. The van der Waals surface area contributed by atoms with Crippen LogP contribution in [-0.2, 0) is 6.42 Å². The fourth-order valence-electron chi connectivity index (χ4n) is 4.47. The lowest BCUT2D eigenvalue weighted by atomic mass is 9.75. The van der Waals surface area contributed by atoms with Crippen LogP contribution in [0.3, 0.4) is 0 Å². The molecule has 3 fully saturated rings. The van der Waals surface area contributed by atoms with Crippen LogP contribution in [0.2, 0.25) is 0 Å². The van der Waals surface area contributed by atoms with Crippen LogP contribution in [0.1, 0.15) is 29.7 Å². The van der Waals surface area contributed by atoms with Gasteiger partial charge in [-0.25, -0.2) is 4.98 Å². The molecule has 2 aromatic heterocycles. The van der Waals surface area contributed by atoms with Crippen LogP contribution in [0.25, 0.3) is 11.4 Å². The van der Waals surface area contributed by atoms with Crippen LogP contribution in [0.15, 0.2) is 61.1 Å². The van der Waals surface area contributed by atoms with E-state index in [-0.39, 0.29) is 5.92 Å². The molecule has 1 N–H and O–H groups in total. The quantitative estimate of drug-likeness (QED) is 0.690. The van der Waals surface area contributed by atoms with Gasteiger partial charge in [0.05, 0.1) is 17.6 Å². The van der Waals surface area contributed by atoms with Gasteiger partial charge in [-0.15, -0.1) is 0 Å². The second-order valence-corrected chi connectivity index (χ2v) is 8.17. The van der Waals surface area contributed by atoms with Crippen molar-refractivity contribution in [1.82, 2.24) is 19.9 Å². The smallest absolute Gasteiger partial charge is 0.141 e. The number of hydrogen-bond acceptors (Lipinski definition) is 5. The molecule has 3 aliphatic rings. The zero-order valence-electron chi connectivity index (χ0n) is 16.8. The van der Waals surface area contributed by atoms with E-state index in [0.29, 0.717) is 13.0 Å². The molecule has 2 bridgehead atoms. The number of hydrogen-bond donors (Lipinski definition) is 1. The van der Waals surface area contributed by atoms with Gasteiger partial charge in [0.25, 0.3) is 0 Å². The van der Waals surface area contributed by atoms with Crippen molar-refractivity contribution in [2.45, 2.75) is 24.9 Å². The summed E-state index contributed by atoms with van der Waals surface area (Å²) >= 11 is 0. The average Bonchev–Trinajstić information content (AvgIpc) is 2.80. The number of rotatable bonds is 3. The van der Waals surface area contributed by atoms with Crippen LogP contribution in [0, 0.1) is 17.8 Å². The summed E-state index contributed by atoms with van der Waals surface area (Å²) in [6.45, 7) is 2.79. The van der Waals surface area contributed by atoms with E-state index in [1.54, 1.807) is 18.6 Å². The molecule has 3 saturated heterocycles. The Balaban J connectivity index is 1.51. The molecule has 5 heteroatoms. The third-order valence-electron chi connectivity index (χ3n) is 6.16. The molecule has 1 atom stereocenters. The molecule has 150 valence electrons. The van der Waals surface area contributed by atoms with Crippen LogP contribution in [-0.4, -0.2) is 50.2 Å². The molecule has 3 aliphatic heterocycles. The fourth-order valence-corrected chi connectivity index (χ4v) is 4.47. The van der Waals surface area contributed by atoms with E-state index in [1.807, 2.05) is 30.3 Å². The highest BCUT2D eigenvalue weighted by Crippen LogP contribution is 2.35. The zero-order valence-corrected chi connectivity index (χ0v) is 16.8. The van der Waals surface area contributed by atoms with Gasteiger partial charge in [-0.05, 0) is 43.6 Å². The van der Waals surface area contributed by atoms with Gasteiger partial charge in [0.15, 0.2) is 0 Å². The molecule has 30 heavy (non-hydrogen) atoms. The summed E-state index contributed by atoms with van der Waals surface area (Å²) in [5.41, 5.74) is 3.51. The second-order valence-electron chi connectivity index (χ2n) is 8.17. The molecule has 6 rings (SSSR count). The number of benzene rings is 1. The molecule has 0 amide bonds. The molecule has 5 heterocycles. The number of aromatic nitrogens is 3. The Morgan fingerprint density at radius 2 is 1.87 bits per heavy atom. The van der Waals surface area contributed by atoms with E-state index in [4.69, 9.17) is 4.98 Å². The zero-order chi connectivity index (χ0) is 20.4. The highest BCUT2D eigenvalue weighted by atomic mass is 16.3. The summed E-state index contributed by atoms with van der Waals surface area (Å²) in [5, 5.41) is 11.2. The summed E-state index contributed by atoms with van der Waals surface area (Å²) in [6.07, 6.45) is 7.76. The highest BCUT2D eigenvalue weighted by Gasteiger charge is 2.44. The lowest BCUT2D eigenvalue weighted by Gasteiger charge is -2.47. The van der Waals surface area contributed by atoms with Gasteiger partial charge in [0, 0.05) is 36.8 Å². The molecule has 3 aromatic rings. The van der Waals surface area contributed by atoms with E-state index in [1.165, 1.54) is 5.56 Å². The summed E-state index contributed by atoms with van der Waals surface area (Å²) in [6, 6.07) is 14.2. The Morgan fingerprint density at radius 1 is 1.03 bits per heavy atom. The van der Waals surface area contributed by atoms with Crippen molar-refractivity contribution < 1.29 is 5.11 Å². The Bertz CT molecular complexity index is 1080. The van der Waals surface area contributed by atoms with Gasteiger partial charge >= 0.3 is 0 Å². The molecule has 0 spiro atoms. The van der Waals surface area contributed by atoms with Crippen LogP contribution >= 0.6 is 0 Å². The lowest BCUT2D eigenvalue weighted by molar-refractivity contribution is -0.0713. The minimum absolute atomic E-state index is 0.263. The fraction of sp³-hybridized carbons (Fsp3) is 0.320. The number of pyridine rings is 1. The topological polar surface area (TPSA) is 62.1 Å². The van der Waals surface area contributed by atoms with Crippen LogP contribution < -0.4 is 0 Å². The largest absolute Gasteiger partial charge is 0.376 e. The van der Waals surface area contributed by atoms with Gasteiger partial charge in [0.2, 0.25) is 0 Å². The monoisotopic (exact) mass is 396 g/mol. The van der Waals surface area contributed by atoms with E-state index < -0.39 is 5.60 Å². The second kappa shape index (κ2) is 7.98. The minimum atomic E-state index is -0.926. The van der Waals surface area contributed by atoms with Crippen molar-refractivity contribution >= 4 is 0 Å². The predicted octanol–water partition coefficient (Wildman–Crippen LogP) is 2.94. The maximum atomic E-state index is 11.2. The minimum Gasteiger partial charge on any atom is -0.376 e. The number of piperidine rings is 3. The van der Waals surface area contributed by atoms with Crippen LogP contribution in [0.5, 0.6) is 0 Å². The van der Waals surface area contributed by atoms with Crippen molar-refractivity contribution in [2.75, 3.05) is 19.6 Å². The molecular weight excluding hydrogens is 372 g/mol. The third-order valence-corrected chi connectivity index (χ3v) is 6.16. The molecule has 5 nitrogen and oxygen atoms in total. The predicted molar refractivity (Wildman–Crippen MR) is 116 cm³/mol. The average molecular weight is 396 g/mol. The van der Waals surface area contributed by atoms with Gasteiger partial charge in [-0.2, -0.15) is 0 Å². The molecule has 0 saturated carbocycles.